The molecule has 2 heterocycles. The van der Waals surface area contributed by atoms with Crippen molar-refractivity contribution in [2.75, 3.05) is 26.9 Å². The molecule has 5 unspecified atom stereocenters. The Morgan fingerprint density at radius 1 is 1.05 bits per heavy atom. The first-order valence-corrected chi connectivity index (χ1v) is 15.3. The zero-order valence-corrected chi connectivity index (χ0v) is 24.6. The summed E-state index contributed by atoms with van der Waals surface area (Å²) in [6.45, 7) is 1.67. The lowest BCUT2D eigenvalue weighted by molar-refractivity contribution is -0.193. The van der Waals surface area contributed by atoms with Crippen LogP contribution in [-0.4, -0.2) is 74.0 Å². The van der Waals surface area contributed by atoms with Crippen molar-refractivity contribution in [3.05, 3.63) is 54.3 Å². The summed E-state index contributed by atoms with van der Waals surface area (Å²) in [5, 5.41) is 19.9. The highest BCUT2D eigenvalue weighted by Crippen LogP contribution is 2.39. The van der Waals surface area contributed by atoms with Gasteiger partial charge in [-0.15, -0.1) is 5.73 Å². The molecule has 0 aromatic heterocycles. The first-order chi connectivity index (χ1) is 20.5. The number of aliphatic hydroxyl groups excluding tert-OH is 1. The fraction of sp³-hybridized carbons (Fsp3) is 0.636. The van der Waals surface area contributed by atoms with E-state index < -0.39 is 12.1 Å². The third kappa shape index (κ3) is 10.6. The van der Waals surface area contributed by atoms with Crippen LogP contribution in [0.3, 0.4) is 0 Å². The van der Waals surface area contributed by atoms with Gasteiger partial charge in [0.2, 0.25) is 0 Å². The van der Waals surface area contributed by atoms with E-state index in [-0.39, 0.29) is 43.0 Å². The van der Waals surface area contributed by atoms with Crippen molar-refractivity contribution in [2.45, 2.75) is 95.1 Å². The van der Waals surface area contributed by atoms with Gasteiger partial charge < -0.3 is 38.6 Å². The zero-order chi connectivity index (χ0) is 29.6. The predicted molar refractivity (Wildman–Crippen MR) is 156 cm³/mol. The van der Waals surface area contributed by atoms with Gasteiger partial charge >= 0.3 is 5.97 Å². The van der Waals surface area contributed by atoms with Crippen molar-refractivity contribution < 1.29 is 43.4 Å². The molecule has 0 amide bonds. The van der Waals surface area contributed by atoms with E-state index in [0.29, 0.717) is 44.8 Å². The van der Waals surface area contributed by atoms with Gasteiger partial charge in [-0.05, 0) is 93.7 Å². The number of hydrogen-bond donors (Lipinski definition) is 2. The number of aliphatic carboxylic acids is 1. The van der Waals surface area contributed by atoms with Crippen LogP contribution in [0.25, 0.3) is 0 Å². The maximum Gasteiger partial charge on any atom is 0.303 e. The number of carboxylic acid groups (broad SMARTS) is 1. The van der Waals surface area contributed by atoms with Crippen LogP contribution in [0.1, 0.15) is 64.2 Å². The van der Waals surface area contributed by atoms with Crippen LogP contribution in [0.5, 0.6) is 11.5 Å². The average molecular weight is 587 g/mol. The molecule has 1 aromatic carbocycles. The maximum atomic E-state index is 11.1. The van der Waals surface area contributed by atoms with Crippen molar-refractivity contribution in [1.29, 1.82) is 0 Å². The van der Waals surface area contributed by atoms with Crippen LogP contribution < -0.4 is 9.47 Å². The van der Waals surface area contributed by atoms with Gasteiger partial charge in [0.25, 0.3) is 0 Å². The standard InChI is InChI=1S/C33H46O9/c1-37-24-14-16-25(17-15-24)40-23-26(41-32-12-6-8-20-38-32)18-19-28-27(10-4-2-3-5-11-31(35)36)29(34)22-30(28)42-33-13-7-9-21-39-33/h3-4,14-19,26-30,32-34H,5-13,20-23H2,1H3,(H,35,36)/t2?,26?,27-,28-,29?,30?,32?,33?/m1/s1. The highest BCUT2D eigenvalue weighted by Gasteiger charge is 2.42. The van der Waals surface area contributed by atoms with Crippen LogP contribution in [0.15, 0.2) is 54.3 Å². The number of hydrogen-bond acceptors (Lipinski definition) is 8. The van der Waals surface area contributed by atoms with E-state index in [0.717, 1.165) is 44.3 Å². The summed E-state index contributed by atoms with van der Waals surface area (Å²) in [6, 6.07) is 7.44. The van der Waals surface area contributed by atoms with E-state index in [1.807, 2.05) is 36.4 Å². The van der Waals surface area contributed by atoms with E-state index in [1.54, 1.807) is 13.2 Å². The molecular formula is C33H46O9. The van der Waals surface area contributed by atoms with E-state index in [2.05, 4.69) is 11.8 Å². The lowest BCUT2D eigenvalue weighted by Gasteiger charge is -2.29. The first-order valence-electron chi connectivity index (χ1n) is 15.3. The SMILES string of the molecule is COc1ccc(OCC(C=C[C@H]2C(OC3CCCCO3)CC(O)[C@@H]2CC=C=CCCC(=O)O)OC2CCCCO2)cc1. The fourth-order valence-electron chi connectivity index (χ4n) is 5.67. The number of ether oxygens (including phenoxy) is 6. The van der Waals surface area contributed by atoms with Crippen molar-refractivity contribution in [2.24, 2.45) is 11.8 Å². The topological polar surface area (TPSA) is 113 Å². The van der Waals surface area contributed by atoms with Gasteiger partial charge in [-0.1, -0.05) is 12.2 Å². The second-order valence-corrected chi connectivity index (χ2v) is 11.1. The summed E-state index contributed by atoms with van der Waals surface area (Å²) in [5.41, 5.74) is 3.09. The molecule has 1 saturated carbocycles. The Bertz CT molecular complexity index is 1020. The molecule has 2 N–H and O–H groups in total. The number of methoxy groups -OCH3 is 1. The van der Waals surface area contributed by atoms with Gasteiger partial charge in [-0.3, -0.25) is 4.79 Å². The second kappa shape index (κ2) is 17.5. The normalized spacial score (nSPS) is 28.6. The van der Waals surface area contributed by atoms with Crippen LogP contribution in [0, 0.1) is 11.8 Å². The molecule has 3 fully saturated rings. The Morgan fingerprint density at radius 3 is 2.43 bits per heavy atom. The first kappa shape index (κ1) is 32.3. The summed E-state index contributed by atoms with van der Waals surface area (Å²) >= 11 is 0. The number of benzene rings is 1. The van der Waals surface area contributed by atoms with Crippen LogP contribution in [0.2, 0.25) is 0 Å². The summed E-state index contributed by atoms with van der Waals surface area (Å²) in [7, 11) is 1.63. The molecule has 7 atom stereocenters. The van der Waals surface area contributed by atoms with Crippen LogP contribution in [-0.2, 0) is 23.7 Å². The molecule has 1 aromatic rings. The van der Waals surface area contributed by atoms with Gasteiger partial charge in [0.05, 0.1) is 19.3 Å². The fourth-order valence-corrected chi connectivity index (χ4v) is 5.67. The van der Waals surface area contributed by atoms with Crippen molar-refractivity contribution in [3.63, 3.8) is 0 Å². The predicted octanol–water partition coefficient (Wildman–Crippen LogP) is 5.42. The molecule has 2 saturated heterocycles. The number of allylic oxidation sites excluding steroid dienone is 1. The maximum absolute atomic E-state index is 11.1. The lowest BCUT2D eigenvalue weighted by Crippen LogP contribution is -2.32. The Labute approximate surface area is 249 Å². The Morgan fingerprint density at radius 2 is 1.76 bits per heavy atom. The molecular weight excluding hydrogens is 540 g/mol. The van der Waals surface area contributed by atoms with Crippen molar-refractivity contribution in [3.8, 4) is 11.5 Å². The molecule has 9 nitrogen and oxygen atoms in total. The van der Waals surface area contributed by atoms with E-state index in [4.69, 9.17) is 33.5 Å². The van der Waals surface area contributed by atoms with Crippen LogP contribution >= 0.6 is 0 Å². The minimum Gasteiger partial charge on any atom is -0.497 e. The summed E-state index contributed by atoms with van der Waals surface area (Å²) in [5.74, 6) is 0.467. The highest BCUT2D eigenvalue weighted by atomic mass is 16.7. The lowest BCUT2D eigenvalue weighted by atomic mass is 9.89. The molecule has 232 valence electrons. The molecule has 0 radical (unpaired) electrons. The molecule has 42 heavy (non-hydrogen) atoms. The van der Waals surface area contributed by atoms with Gasteiger partial charge in [0, 0.05) is 32.0 Å². The summed E-state index contributed by atoms with van der Waals surface area (Å²) < 4.78 is 35.8. The molecule has 9 heteroatoms. The molecule has 0 spiro atoms. The third-order valence-electron chi connectivity index (χ3n) is 7.97. The number of carboxylic acids is 1. The monoisotopic (exact) mass is 586 g/mol. The minimum atomic E-state index is -0.833. The quantitative estimate of drug-likeness (QED) is 0.206. The molecule has 0 bridgehead atoms. The summed E-state index contributed by atoms with van der Waals surface area (Å²) in [6.07, 6.45) is 13.5. The van der Waals surface area contributed by atoms with E-state index in [1.165, 1.54) is 0 Å². The highest BCUT2D eigenvalue weighted by molar-refractivity contribution is 5.66. The van der Waals surface area contributed by atoms with Crippen molar-refractivity contribution >= 4 is 5.97 Å². The van der Waals surface area contributed by atoms with Crippen molar-refractivity contribution in [1.82, 2.24) is 0 Å². The third-order valence-corrected chi connectivity index (χ3v) is 7.97. The van der Waals surface area contributed by atoms with E-state index in [9.17, 15) is 9.90 Å². The van der Waals surface area contributed by atoms with E-state index >= 15 is 0 Å². The van der Waals surface area contributed by atoms with Crippen LogP contribution in [0.4, 0.5) is 0 Å². The van der Waals surface area contributed by atoms with Gasteiger partial charge in [0.1, 0.15) is 24.2 Å². The number of rotatable bonds is 15. The Kier molecular flexibility index (Phi) is 13.4. The number of carbonyl (C=O) groups is 1. The Balaban J connectivity index is 1.47. The minimum absolute atomic E-state index is 0.0697. The molecule has 3 aliphatic rings. The Hall–Kier alpha value is -2.65. The largest absolute Gasteiger partial charge is 0.497 e. The molecule has 4 rings (SSSR count). The number of aliphatic hydroxyl groups is 1. The second-order valence-electron chi connectivity index (χ2n) is 11.1. The summed E-state index contributed by atoms with van der Waals surface area (Å²) in [4.78, 5) is 10.8. The van der Waals surface area contributed by atoms with Gasteiger partial charge in [0.15, 0.2) is 12.6 Å². The molecule has 2 aliphatic heterocycles. The van der Waals surface area contributed by atoms with Gasteiger partial charge in [-0.25, -0.2) is 0 Å². The smallest absolute Gasteiger partial charge is 0.303 e. The molecule has 1 aliphatic carbocycles. The zero-order valence-electron chi connectivity index (χ0n) is 24.6. The van der Waals surface area contributed by atoms with Gasteiger partial charge in [-0.2, -0.15) is 0 Å². The average Bonchev–Trinajstić information content (AvgIpc) is 3.30.